The molecule has 3 rings (SSSR count). The first-order chi connectivity index (χ1) is 10.4. The van der Waals surface area contributed by atoms with Crippen LogP contribution in [0.1, 0.15) is 39.7 Å². The molecule has 1 unspecified atom stereocenters. The van der Waals surface area contributed by atoms with Crippen molar-refractivity contribution >= 4 is 0 Å². The second-order valence-corrected chi connectivity index (χ2v) is 8.04. The SMILES string of the molecule is CCC1(C)CN(Cc2ccccc2)CC12OCC(C)(C)CO2. The summed E-state index contributed by atoms with van der Waals surface area (Å²) < 4.78 is 12.7. The lowest BCUT2D eigenvalue weighted by Gasteiger charge is -2.48. The zero-order chi connectivity index (χ0) is 15.8. The lowest BCUT2D eigenvalue weighted by molar-refractivity contribution is -0.328. The van der Waals surface area contributed by atoms with Crippen LogP contribution in [0, 0.1) is 10.8 Å². The summed E-state index contributed by atoms with van der Waals surface area (Å²) in [5.41, 5.74) is 1.53. The number of ether oxygens (including phenoxy) is 2. The molecule has 1 aromatic rings. The maximum atomic E-state index is 6.35. The fraction of sp³-hybridized carbons (Fsp3) is 0.684. The van der Waals surface area contributed by atoms with E-state index in [1.165, 1.54) is 5.56 Å². The van der Waals surface area contributed by atoms with Crippen molar-refractivity contribution in [3.05, 3.63) is 35.9 Å². The molecule has 2 heterocycles. The van der Waals surface area contributed by atoms with Crippen molar-refractivity contribution in [2.24, 2.45) is 10.8 Å². The van der Waals surface area contributed by atoms with Gasteiger partial charge in [0.15, 0.2) is 5.79 Å². The Labute approximate surface area is 134 Å². The number of hydrogen-bond acceptors (Lipinski definition) is 3. The molecule has 0 amide bonds. The Morgan fingerprint density at radius 2 is 1.64 bits per heavy atom. The van der Waals surface area contributed by atoms with Crippen molar-refractivity contribution in [3.8, 4) is 0 Å². The molecule has 0 aromatic heterocycles. The predicted molar refractivity (Wildman–Crippen MR) is 88.5 cm³/mol. The molecule has 2 aliphatic heterocycles. The van der Waals surface area contributed by atoms with E-state index in [-0.39, 0.29) is 10.8 Å². The van der Waals surface area contributed by atoms with E-state index in [0.717, 1.165) is 39.3 Å². The molecule has 0 N–H and O–H groups in total. The van der Waals surface area contributed by atoms with Crippen LogP contribution < -0.4 is 0 Å². The highest BCUT2D eigenvalue weighted by Gasteiger charge is 2.58. The largest absolute Gasteiger partial charge is 0.347 e. The van der Waals surface area contributed by atoms with E-state index in [1.807, 2.05) is 0 Å². The molecule has 2 saturated heterocycles. The Morgan fingerprint density at radius 1 is 1.00 bits per heavy atom. The van der Waals surface area contributed by atoms with Crippen LogP contribution in [0.4, 0.5) is 0 Å². The molecule has 2 aliphatic rings. The van der Waals surface area contributed by atoms with E-state index in [9.17, 15) is 0 Å². The number of hydrogen-bond donors (Lipinski definition) is 0. The molecule has 1 atom stereocenters. The summed E-state index contributed by atoms with van der Waals surface area (Å²) in [4.78, 5) is 2.48. The van der Waals surface area contributed by atoms with Gasteiger partial charge in [0.2, 0.25) is 0 Å². The lowest BCUT2D eigenvalue weighted by Crippen LogP contribution is -2.56. The topological polar surface area (TPSA) is 21.7 Å². The smallest absolute Gasteiger partial charge is 0.187 e. The van der Waals surface area contributed by atoms with E-state index in [0.29, 0.717) is 0 Å². The molecular formula is C19H29NO2. The third-order valence-corrected chi connectivity index (χ3v) is 5.35. The molecule has 3 heteroatoms. The number of rotatable bonds is 3. The van der Waals surface area contributed by atoms with Gasteiger partial charge in [-0.1, -0.05) is 58.0 Å². The molecular weight excluding hydrogens is 274 g/mol. The van der Waals surface area contributed by atoms with Crippen LogP contribution in [0.5, 0.6) is 0 Å². The minimum absolute atomic E-state index is 0.0538. The molecule has 0 saturated carbocycles. The van der Waals surface area contributed by atoms with Gasteiger partial charge in [-0.2, -0.15) is 0 Å². The highest BCUT2D eigenvalue weighted by Crippen LogP contribution is 2.48. The van der Waals surface area contributed by atoms with Crippen LogP contribution in [0.3, 0.4) is 0 Å². The maximum absolute atomic E-state index is 6.35. The first-order valence-electron chi connectivity index (χ1n) is 8.42. The van der Waals surface area contributed by atoms with Crippen LogP contribution >= 0.6 is 0 Å². The fourth-order valence-electron chi connectivity index (χ4n) is 3.64. The average Bonchev–Trinajstić information content (AvgIpc) is 2.77. The molecule has 1 aromatic carbocycles. The van der Waals surface area contributed by atoms with E-state index in [4.69, 9.17) is 9.47 Å². The normalized spacial score (nSPS) is 30.7. The van der Waals surface area contributed by atoms with Crippen molar-refractivity contribution in [2.75, 3.05) is 26.3 Å². The zero-order valence-electron chi connectivity index (χ0n) is 14.4. The van der Waals surface area contributed by atoms with E-state index in [1.54, 1.807) is 0 Å². The number of nitrogens with zero attached hydrogens (tertiary/aromatic N) is 1. The minimum atomic E-state index is -0.438. The van der Waals surface area contributed by atoms with Gasteiger partial charge >= 0.3 is 0 Å². The molecule has 0 aliphatic carbocycles. The van der Waals surface area contributed by atoms with E-state index in [2.05, 4.69) is 62.9 Å². The molecule has 0 radical (unpaired) electrons. The third-order valence-electron chi connectivity index (χ3n) is 5.35. The first-order valence-corrected chi connectivity index (χ1v) is 8.42. The molecule has 1 spiro atoms. The van der Waals surface area contributed by atoms with E-state index < -0.39 is 5.79 Å². The fourth-order valence-corrected chi connectivity index (χ4v) is 3.64. The van der Waals surface area contributed by atoms with Crippen molar-refractivity contribution in [1.29, 1.82) is 0 Å². The summed E-state index contributed by atoms with van der Waals surface area (Å²) in [7, 11) is 0. The van der Waals surface area contributed by atoms with Crippen LogP contribution in [0.15, 0.2) is 30.3 Å². The van der Waals surface area contributed by atoms with Crippen LogP contribution in [0.25, 0.3) is 0 Å². The summed E-state index contributed by atoms with van der Waals surface area (Å²) in [5, 5.41) is 0. The Bertz CT molecular complexity index is 503. The predicted octanol–water partition coefficient (Wildman–Crippen LogP) is 3.69. The standard InChI is InChI=1S/C19H29NO2/c1-5-18(4)12-20(11-16-9-7-6-8-10-16)13-19(18)21-14-17(2,3)15-22-19/h6-10H,5,11-15H2,1-4H3. The summed E-state index contributed by atoms with van der Waals surface area (Å²) in [6.07, 6.45) is 1.07. The van der Waals surface area contributed by atoms with Gasteiger partial charge in [0, 0.05) is 23.9 Å². The van der Waals surface area contributed by atoms with Gasteiger partial charge in [-0.3, -0.25) is 4.90 Å². The minimum Gasteiger partial charge on any atom is -0.347 e. The Balaban J connectivity index is 1.76. The molecule has 122 valence electrons. The van der Waals surface area contributed by atoms with Gasteiger partial charge < -0.3 is 9.47 Å². The quantitative estimate of drug-likeness (QED) is 0.850. The monoisotopic (exact) mass is 303 g/mol. The summed E-state index contributed by atoms with van der Waals surface area (Å²) in [6.45, 7) is 13.4. The van der Waals surface area contributed by atoms with Crippen molar-refractivity contribution < 1.29 is 9.47 Å². The summed E-state index contributed by atoms with van der Waals surface area (Å²) in [5.74, 6) is -0.438. The van der Waals surface area contributed by atoms with E-state index >= 15 is 0 Å². The molecule has 22 heavy (non-hydrogen) atoms. The van der Waals surface area contributed by atoms with Crippen molar-refractivity contribution in [3.63, 3.8) is 0 Å². The number of likely N-dealkylation sites (tertiary alicyclic amines) is 1. The Hall–Kier alpha value is -0.900. The van der Waals surface area contributed by atoms with Gasteiger partial charge in [-0.25, -0.2) is 0 Å². The first kappa shape index (κ1) is 16.0. The summed E-state index contributed by atoms with van der Waals surface area (Å²) >= 11 is 0. The lowest BCUT2D eigenvalue weighted by atomic mass is 9.80. The van der Waals surface area contributed by atoms with Crippen molar-refractivity contribution in [1.82, 2.24) is 4.90 Å². The van der Waals surface area contributed by atoms with Crippen LogP contribution in [-0.2, 0) is 16.0 Å². The van der Waals surface area contributed by atoms with Gasteiger partial charge in [-0.15, -0.1) is 0 Å². The Kier molecular flexibility index (Phi) is 4.09. The summed E-state index contributed by atoms with van der Waals surface area (Å²) in [6, 6.07) is 10.7. The van der Waals surface area contributed by atoms with Gasteiger partial charge in [0.05, 0.1) is 19.8 Å². The molecule has 0 bridgehead atoms. The average molecular weight is 303 g/mol. The second-order valence-electron chi connectivity index (χ2n) is 8.04. The zero-order valence-corrected chi connectivity index (χ0v) is 14.4. The number of benzene rings is 1. The van der Waals surface area contributed by atoms with Gasteiger partial charge in [0.1, 0.15) is 0 Å². The molecule has 2 fully saturated rings. The third kappa shape index (κ3) is 2.82. The highest BCUT2D eigenvalue weighted by molar-refractivity contribution is 5.15. The van der Waals surface area contributed by atoms with Crippen LogP contribution in [-0.4, -0.2) is 37.0 Å². The maximum Gasteiger partial charge on any atom is 0.187 e. The van der Waals surface area contributed by atoms with Gasteiger partial charge in [-0.05, 0) is 12.0 Å². The van der Waals surface area contributed by atoms with Gasteiger partial charge in [0.25, 0.3) is 0 Å². The second kappa shape index (κ2) is 5.63. The highest BCUT2D eigenvalue weighted by atomic mass is 16.7. The van der Waals surface area contributed by atoms with Crippen LogP contribution in [0.2, 0.25) is 0 Å². The Morgan fingerprint density at radius 3 is 2.23 bits per heavy atom. The molecule has 3 nitrogen and oxygen atoms in total. The van der Waals surface area contributed by atoms with Crippen molar-refractivity contribution in [2.45, 2.75) is 46.4 Å².